The summed E-state index contributed by atoms with van der Waals surface area (Å²) in [5, 5.41) is 16.7. The molecule has 0 aliphatic heterocycles. The van der Waals surface area contributed by atoms with Gasteiger partial charge in [-0.2, -0.15) is 0 Å². The minimum Gasteiger partial charge on any atom is -0.652 e. The average Bonchev–Trinajstić information content (AvgIpc) is 0.811. The van der Waals surface area contributed by atoms with E-state index in [-0.39, 0.29) is 46.3 Å². The van der Waals surface area contributed by atoms with Crippen molar-refractivity contribution in [3.63, 3.8) is 0 Å². The number of carboxylic acid groups (broad SMARTS) is 2. The van der Waals surface area contributed by atoms with E-state index < -0.39 is 6.16 Å². The fraction of sp³-hybridized carbons (Fsp3) is 0. The molecule has 0 aliphatic carbocycles. The van der Waals surface area contributed by atoms with E-state index in [1.54, 1.807) is 0 Å². The first kappa shape index (κ1) is 15.9. The molecule has 5 heteroatoms. The minimum atomic E-state index is -2.33. The minimum absolute atomic E-state index is 0. The second kappa shape index (κ2) is 9.24. The van der Waals surface area contributed by atoms with Crippen LogP contribution >= 0.6 is 0 Å². The van der Waals surface area contributed by atoms with Crippen LogP contribution in [0.25, 0.3) is 0 Å². The third kappa shape index (κ3) is 113. The standard InChI is InChI=1S/CH2O3.Co.Na/c2-1(3)4;;/h(H2,2,3,4);;/q;+2;+1/p-2. The molecule has 0 heterocycles. The molecule has 0 aliphatic rings. The molecule has 0 aromatic rings. The summed E-state index contributed by atoms with van der Waals surface area (Å²) >= 11 is 0. The van der Waals surface area contributed by atoms with Crippen molar-refractivity contribution in [1.82, 2.24) is 0 Å². The average molecular weight is 142 g/mol. The molecular formula is CCoNaO3+. The van der Waals surface area contributed by atoms with E-state index in [9.17, 15) is 0 Å². The summed E-state index contributed by atoms with van der Waals surface area (Å²) in [5.41, 5.74) is 0. The smallest absolute Gasteiger partial charge is 0.652 e. The number of hydrogen-bond acceptors (Lipinski definition) is 3. The largest absolute Gasteiger partial charge is 2.00 e. The zero-order valence-electron chi connectivity index (χ0n) is 3.06. The normalized spacial score (nSPS) is 4.00. The molecule has 0 saturated heterocycles. The van der Waals surface area contributed by atoms with Crippen LogP contribution in [-0.4, -0.2) is 6.16 Å². The van der Waals surface area contributed by atoms with Crippen LogP contribution in [0.3, 0.4) is 0 Å². The number of carbonyl (C=O) groups is 1. The van der Waals surface area contributed by atoms with Gasteiger partial charge in [0.15, 0.2) is 0 Å². The topological polar surface area (TPSA) is 63.2 Å². The molecule has 0 N–H and O–H groups in total. The van der Waals surface area contributed by atoms with Crippen LogP contribution in [0.15, 0.2) is 0 Å². The third-order valence-corrected chi connectivity index (χ3v) is 0. The quantitative estimate of drug-likeness (QED) is 0.317. The third-order valence-electron chi connectivity index (χ3n) is 0. The van der Waals surface area contributed by atoms with E-state index >= 15 is 0 Å². The van der Waals surface area contributed by atoms with E-state index in [0.29, 0.717) is 0 Å². The van der Waals surface area contributed by atoms with Gasteiger partial charge in [-0.15, -0.1) is 0 Å². The van der Waals surface area contributed by atoms with Crippen molar-refractivity contribution >= 4 is 6.16 Å². The van der Waals surface area contributed by atoms with Gasteiger partial charge in [0, 0.05) is 0 Å². The Bertz CT molecular complexity index is 33.8. The molecule has 6 heavy (non-hydrogen) atoms. The summed E-state index contributed by atoms with van der Waals surface area (Å²) in [6, 6.07) is 0. The SMILES string of the molecule is O=C([O-])[O-].[Co+2].[Na+]. The summed E-state index contributed by atoms with van der Waals surface area (Å²) in [6.07, 6.45) is -2.33. The summed E-state index contributed by atoms with van der Waals surface area (Å²) in [6.45, 7) is 0. The maximum Gasteiger partial charge on any atom is 2.00 e. The van der Waals surface area contributed by atoms with Gasteiger partial charge < -0.3 is 15.0 Å². The van der Waals surface area contributed by atoms with Crippen LogP contribution in [-0.2, 0) is 16.8 Å². The Kier molecular flexibility index (Phi) is 24.4. The molecule has 0 amide bonds. The van der Waals surface area contributed by atoms with Gasteiger partial charge >= 0.3 is 46.3 Å². The van der Waals surface area contributed by atoms with Crippen molar-refractivity contribution in [2.75, 3.05) is 0 Å². The monoisotopic (exact) mass is 142 g/mol. The Morgan fingerprint density at radius 1 is 1.33 bits per heavy atom. The van der Waals surface area contributed by atoms with Gasteiger partial charge in [-0.05, 0) is 6.16 Å². The van der Waals surface area contributed by atoms with Gasteiger partial charge in [0.2, 0.25) is 0 Å². The summed E-state index contributed by atoms with van der Waals surface area (Å²) in [4.78, 5) is 8.33. The maximum absolute atomic E-state index is 8.33. The van der Waals surface area contributed by atoms with E-state index in [2.05, 4.69) is 0 Å². The molecule has 0 aromatic carbocycles. The first-order valence-corrected chi connectivity index (χ1v) is 0.612. The molecule has 0 spiro atoms. The molecule has 0 unspecified atom stereocenters. The molecule has 0 saturated carbocycles. The molecule has 3 nitrogen and oxygen atoms in total. The van der Waals surface area contributed by atoms with Crippen molar-refractivity contribution in [1.29, 1.82) is 0 Å². The Morgan fingerprint density at radius 3 is 1.33 bits per heavy atom. The summed E-state index contributed by atoms with van der Waals surface area (Å²) in [5.74, 6) is 0. The van der Waals surface area contributed by atoms with Crippen LogP contribution < -0.4 is 39.8 Å². The van der Waals surface area contributed by atoms with Gasteiger partial charge in [0.1, 0.15) is 0 Å². The van der Waals surface area contributed by atoms with Crippen molar-refractivity contribution in [2.24, 2.45) is 0 Å². The Morgan fingerprint density at radius 2 is 1.33 bits per heavy atom. The van der Waals surface area contributed by atoms with E-state index in [0.717, 1.165) is 0 Å². The van der Waals surface area contributed by atoms with Crippen LogP contribution in [0.2, 0.25) is 0 Å². The van der Waals surface area contributed by atoms with Gasteiger partial charge in [0.25, 0.3) is 0 Å². The van der Waals surface area contributed by atoms with Crippen LogP contribution in [0.1, 0.15) is 0 Å². The van der Waals surface area contributed by atoms with E-state index in [1.807, 2.05) is 0 Å². The zero-order chi connectivity index (χ0) is 3.58. The predicted octanol–water partition coefficient (Wildman–Crippen LogP) is -5.45. The Hall–Kier alpha value is 0.776. The zero-order valence-corrected chi connectivity index (χ0v) is 6.10. The van der Waals surface area contributed by atoms with Crippen molar-refractivity contribution in [3.8, 4) is 0 Å². The number of carbonyl (C=O) groups excluding carboxylic acids is 1. The number of rotatable bonds is 0. The van der Waals surface area contributed by atoms with Crippen molar-refractivity contribution in [2.45, 2.75) is 0 Å². The molecule has 31 valence electrons. The summed E-state index contributed by atoms with van der Waals surface area (Å²) in [7, 11) is 0. The van der Waals surface area contributed by atoms with Crippen molar-refractivity contribution in [3.05, 3.63) is 0 Å². The van der Waals surface area contributed by atoms with E-state index in [4.69, 9.17) is 15.0 Å². The van der Waals surface area contributed by atoms with Crippen LogP contribution in [0.5, 0.6) is 0 Å². The Balaban J connectivity index is -0.0000000450. The second-order valence-corrected chi connectivity index (χ2v) is 0.250. The molecule has 0 rings (SSSR count). The van der Waals surface area contributed by atoms with Gasteiger partial charge in [-0.25, -0.2) is 0 Å². The van der Waals surface area contributed by atoms with Gasteiger partial charge in [-0.3, -0.25) is 0 Å². The Labute approximate surface area is 67.2 Å². The van der Waals surface area contributed by atoms with Gasteiger partial charge in [-0.1, -0.05) is 0 Å². The van der Waals surface area contributed by atoms with Gasteiger partial charge in [0.05, 0.1) is 0 Å². The molecule has 0 atom stereocenters. The van der Waals surface area contributed by atoms with E-state index in [1.165, 1.54) is 0 Å². The molecule has 0 fully saturated rings. The second-order valence-electron chi connectivity index (χ2n) is 0.250. The fourth-order valence-electron chi connectivity index (χ4n) is 0. The maximum atomic E-state index is 8.33. The van der Waals surface area contributed by atoms with Crippen LogP contribution in [0.4, 0.5) is 4.79 Å². The first-order valence-electron chi connectivity index (χ1n) is 0.612. The molecule has 1 radical (unpaired) electrons. The molecular weight excluding hydrogens is 142 g/mol. The first-order chi connectivity index (χ1) is 1.73. The molecule has 0 aromatic heterocycles. The summed E-state index contributed by atoms with van der Waals surface area (Å²) < 4.78 is 0. The molecule has 0 bridgehead atoms. The van der Waals surface area contributed by atoms with Crippen LogP contribution in [0, 0.1) is 0 Å². The predicted molar refractivity (Wildman–Crippen MR) is 5.40 cm³/mol. The number of hydrogen-bond donors (Lipinski definition) is 0. The fourth-order valence-corrected chi connectivity index (χ4v) is 0. The van der Waals surface area contributed by atoms with Crippen molar-refractivity contribution < 1.29 is 61.3 Å².